The molecule has 126 valence electrons. The van der Waals surface area contributed by atoms with E-state index in [1.165, 1.54) is 5.56 Å². The molecule has 0 aliphatic heterocycles. The first-order valence-corrected chi connectivity index (χ1v) is 8.20. The Bertz CT molecular complexity index is 721. The first kappa shape index (κ1) is 17.7. The number of carbonyl (C=O) groups is 1. The molecule has 2 aromatic carbocycles. The quantitative estimate of drug-likeness (QED) is 0.626. The summed E-state index contributed by atoms with van der Waals surface area (Å²) in [6, 6.07) is 16.0. The zero-order valence-electron chi connectivity index (χ0n) is 14.8. The molecule has 0 aromatic heterocycles. The Morgan fingerprint density at radius 1 is 1.08 bits per heavy atom. The lowest BCUT2D eigenvalue weighted by atomic mass is 10.0. The van der Waals surface area contributed by atoms with Crippen LogP contribution >= 0.6 is 0 Å². The average molecular weight is 323 g/mol. The molecule has 4 nitrogen and oxygen atoms in total. The summed E-state index contributed by atoms with van der Waals surface area (Å²) in [4.78, 5) is 12.1. The van der Waals surface area contributed by atoms with Crippen molar-refractivity contribution in [3.63, 3.8) is 0 Å². The van der Waals surface area contributed by atoms with Crippen LogP contribution in [-0.2, 0) is 4.79 Å². The fraction of sp³-hybridized carbons (Fsp3) is 0.300. The van der Waals surface area contributed by atoms with Crippen molar-refractivity contribution in [2.45, 2.75) is 27.7 Å². The zero-order valence-corrected chi connectivity index (χ0v) is 14.8. The van der Waals surface area contributed by atoms with Gasteiger partial charge >= 0.3 is 0 Å². The van der Waals surface area contributed by atoms with Gasteiger partial charge in [0.1, 0.15) is 0 Å². The molecule has 0 saturated carbocycles. The van der Waals surface area contributed by atoms with Gasteiger partial charge in [-0.15, -0.1) is 0 Å². The second-order valence-corrected chi connectivity index (χ2v) is 6.22. The van der Waals surface area contributed by atoms with E-state index >= 15 is 0 Å². The zero-order chi connectivity index (χ0) is 17.5. The highest BCUT2D eigenvalue weighted by atomic mass is 16.2. The number of hydrazone groups is 1. The fourth-order valence-corrected chi connectivity index (χ4v) is 2.49. The van der Waals surface area contributed by atoms with Crippen LogP contribution in [-0.4, -0.2) is 18.2 Å². The van der Waals surface area contributed by atoms with Crippen LogP contribution in [0, 0.1) is 19.8 Å². The van der Waals surface area contributed by atoms with Gasteiger partial charge in [-0.1, -0.05) is 61.9 Å². The maximum atomic E-state index is 12.1. The molecule has 2 aromatic rings. The molecule has 2 rings (SSSR count). The van der Waals surface area contributed by atoms with Gasteiger partial charge in [0.2, 0.25) is 0 Å². The van der Waals surface area contributed by atoms with Gasteiger partial charge in [-0.2, -0.15) is 5.10 Å². The Morgan fingerprint density at radius 3 is 2.42 bits per heavy atom. The Balaban J connectivity index is 1.98. The largest absolute Gasteiger partial charge is 0.376 e. The summed E-state index contributed by atoms with van der Waals surface area (Å²) in [6.45, 7) is 8.39. The van der Waals surface area contributed by atoms with Crippen molar-refractivity contribution in [2.75, 3.05) is 11.9 Å². The fourth-order valence-electron chi connectivity index (χ4n) is 2.49. The smallest absolute Gasteiger partial charge is 0.259 e. The number of anilines is 1. The van der Waals surface area contributed by atoms with Crippen LogP contribution in [0.4, 0.5) is 5.69 Å². The number of amides is 1. The predicted octanol–water partition coefficient (Wildman–Crippen LogP) is 3.89. The molecule has 4 heteroatoms. The van der Waals surface area contributed by atoms with E-state index in [9.17, 15) is 4.79 Å². The number of aryl methyl sites for hydroxylation is 2. The highest BCUT2D eigenvalue weighted by molar-refractivity contribution is 6.02. The molecule has 0 radical (unpaired) electrons. The molecule has 0 bridgehead atoms. The van der Waals surface area contributed by atoms with Gasteiger partial charge in [-0.25, -0.2) is 5.43 Å². The Hall–Kier alpha value is -2.62. The van der Waals surface area contributed by atoms with E-state index in [1.807, 2.05) is 49.4 Å². The highest BCUT2D eigenvalue weighted by Gasteiger charge is 2.09. The molecule has 0 heterocycles. The van der Waals surface area contributed by atoms with Gasteiger partial charge in [-0.05, 0) is 37.0 Å². The van der Waals surface area contributed by atoms with E-state index in [-0.39, 0.29) is 18.4 Å². The van der Waals surface area contributed by atoms with Gasteiger partial charge in [0.25, 0.3) is 5.91 Å². The van der Waals surface area contributed by atoms with Crippen molar-refractivity contribution in [3.05, 3.63) is 65.2 Å². The molecule has 0 fully saturated rings. The van der Waals surface area contributed by atoms with Crippen LogP contribution in [0.5, 0.6) is 0 Å². The van der Waals surface area contributed by atoms with E-state index in [0.29, 0.717) is 0 Å². The van der Waals surface area contributed by atoms with Gasteiger partial charge < -0.3 is 5.32 Å². The van der Waals surface area contributed by atoms with E-state index in [2.05, 4.69) is 42.7 Å². The Morgan fingerprint density at radius 2 is 1.79 bits per heavy atom. The second-order valence-electron chi connectivity index (χ2n) is 6.22. The molecule has 0 aliphatic rings. The van der Waals surface area contributed by atoms with E-state index in [0.717, 1.165) is 22.5 Å². The topological polar surface area (TPSA) is 53.5 Å². The van der Waals surface area contributed by atoms with Crippen molar-refractivity contribution in [1.82, 2.24) is 5.43 Å². The number of benzene rings is 2. The highest BCUT2D eigenvalue weighted by Crippen LogP contribution is 2.15. The molecule has 0 aliphatic carbocycles. The van der Waals surface area contributed by atoms with Gasteiger partial charge in [0.05, 0.1) is 12.3 Å². The molecule has 24 heavy (non-hydrogen) atoms. The normalized spacial score (nSPS) is 11.5. The number of hydrogen-bond acceptors (Lipinski definition) is 3. The molecule has 0 saturated heterocycles. The lowest BCUT2D eigenvalue weighted by Crippen LogP contribution is -2.28. The standard InChI is InChI=1S/C20H25N3O/c1-14(2)20(17-8-6-5-7-9-17)23-22-19(24)13-21-18-11-10-15(3)12-16(18)4/h5-12,14,21H,13H2,1-4H3,(H,22,24). The molecule has 0 atom stereocenters. The van der Waals surface area contributed by atoms with Crippen LogP contribution < -0.4 is 10.7 Å². The first-order valence-electron chi connectivity index (χ1n) is 8.20. The third kappa shape index (κ3) is 4.95. The average Bonchev–Trinajstić information content (AvgIpc) is 2.55. The number of hydrogen-bond donors (Lipinski definition) is 2. The maximum absolute atomic E-state index is 12.1. The van der Waals surface area contributed by atoms with Crippen molar-refractivity contribution < 1.29 is 4.79 Å². The molecular weight excluding hydrogens is 298 g/mol. The molecule has 0 unspecified atom stereocenters. The molecule has 0 spiro atoms. The minimum Gasteiger partial charge on any atom is -0.376 e. The van der Waals surface area contributed by atoms with Crippen LogP contribution in [0.25, 0.3) is 0 Å². The monoisotopic (exact) mass is 323 g/mol. The summed E-state index contributed by atoms with van der Waals surface area (Å²) in [5.41, 5.74) is 7.84. The van der Waals surface area contributed by atoms with Crippen LogP contribution in [0.15, 0.2) is 53.6 Å². The van der Waals surface area contributed by atoms with Crippen LogP contribution in [0.3, 0.4) is 0 Å². The van der Waals surface area contributed by atoms with E-state index in [1.54, 1.807) is 0 Å². The molecule has 1 amide bonds. The second kappa shape index (κ2) is 8.29. The third-order valence-electron chi connectivity index (χ3n) is 3.74. The van der Waals surface area contributed by atoms with Crippen molar-refractivity contribution >= 4 is 17.3 Å². The lowest BCUT2D eigenvalue weighted by molar-refractivity contribution is -0.119. The number of nitrogens with one attached hydrogen (secondary N) is 2. The minimum absolute atomic E-state index is 0.163. The summed E-state index contributed by atoms with van der Waals surface area (Å²) in [5.74, 6) is 0.0593. The first-order chi connectivity index (χ1) is 11.5. The van der Waals surface area contributed by atoms with Crippen molar-refractivity contribution in [3.8, 4) is 0 Å². The summed E-state index contributed by atoms with van der Waals surface area (Å²) in [5, 5.41) is 7.47. The van der Waals surface area contributed by atoms with Gasteiger partial charge in [0.15, 0.2) is 0 Å². The van der Waals surface area contributed by atoms with E-state index in [4.69, 9.17) is 0 Å². The number of nitrogens with zero attached hydrogens (tertiary/aromatic N) is 1. The SMILES string of the molecule is Cc1ccc(NCC(=O)NN=C(c2ccccc2)C(C)C)c(C)c1. The Kier molecular flexibility index (Phi) is 6.13. The Labute approximate surface area is 144 Å². The van der Waals surface area contributed by atoms with Crippen molar-refractivity contribution in [2.24, 2.45) is 11.0 Å². The van der Waals surface area contributed by atoms with E-state index < -0.39 is 0 Å². The molecule has 2 N–H and O–H groups in total. The minimum atomic E-state index is -0.163. The summed E-state index contributed by atoms with van der Waals surface area (Å²) >= 11 is 0. The van der Waals surface area contributed by atoms with Gasteiger partial charge in [0, 0.05) is 5.69 Å². The van der Waals surface area contributed by atoms with Gasteiger partial charge in [-0.3, -0.25) is 4.79 Å². The summed E-state index contributed by atoms with van der Waals surface area (Å²) in [7, 11) is 0. The summed E-state index contributed by atoms with van der Waals surface area (Å²) in [6.07, 6.45) is 0. The third-order valence-corrected chi connectivity index (χ3v) is 3.74. The lowest BCUT2D eigenvalue weighted by Gasteiger charge is -2.12. The van der Waals surface area contributed by atoms with Crippen LogP contribution in [0.2, 0.25) is 0 Å². The maximum Gasteiger partial charge on any atom is 0.259 e. The summed E-state index contributed by atoms with van der Waals surface area (Å²) < 4.78 is 0. The predicted molar refractivity (Wildman–Crippen MR) is 100 cm³/mol. The molecular formula is C20H25N3O. The van der Waals surface area contributed by atoms with Crippen molar-refractivity contribution in [1.29, 1.82) is 0 Å². The number of carbonyl (C=O) groups excluding carboxylic acids is 1. The van der Waals surface area contributed by atoms with Crippen LogP contribution in [0.1, 0.15) is 30.5 Å². The number of rotatable bonds is 6.